The lowest BCUT2D eigenvalue weighted by molar-refractivity contribution is 0.121. The molecular weight excluding hydrogens is 248 g/mol. The van der Waals surface area contributed by atoms with Gasteiger partial charge in [-0.3, -0.25) is 4.90 Å². The van der Waals surface area contributed by atoms with Crippen LogP contribution in [0.15, 0.2) is 24.3 Å². The van der Waals surface area contributed by atoms with Gasteiger partial charge in [0.05, 0.1) is 0 Å². The Balaban J connectivity index is 2.42. The van der Waals surface area contributed by atoms with Gasteiger partial charge in [-0.15, -0.1) is 0 Å². The third kappa shape index (κ3) is 5.51. The van der Waals surface area contributed by atoms with Crippen LogP contribution in [0.25, 0.3) is 0 Å². The molecule has 1 N–H and O–H groups in total. The van der Waals surface area contributed by atoms with E-state index >= 15 is 0 Å². The van der Waals surface area contributed by atoms with Crippen molar-refractivity contribution in [2.45, 2.75) is 40.3 Å². The second-order valence-electron chi connectivity index (χ2n) is 6.55. The normalized spacial score (nSPS) is 13.6. The van der Waals surface area contributed by atoms with Gasteiger partial charge in [0.25, 0.3) is 0 Å². The Morgan fingerprint density at radius 1 is 1.30 bits per heavy atom. The van der Waals surface area contributed by atoms with Gasteiger partial charge in [0.2, 0.25) is 0 Å². The number of likely N-dealkylation sites (N-methyl/N-ethyl adjacent to an activating group) is 1. The largest absolute Gasteiger partial charge is 0.492 e. The smallest absolute Gasteiger partial charge is 0.119 e. The lowest BCUT2D eigenvalue weighted by atomic mass is 9.87. The van der Waals surface area contributed by atoms with Gasteiger partial charge < -0.3 is 10.1 Å². The molecular formula is C17H30N2O. The summed E-state index contributed by atoms with van der Waals surface area (Å²) in [4.78, 5) is 2.36. The van der Waals surface area contributed by atoms with E-state index in [9.17, 15) is 0 Å². The Hall–Kier alpha value is -1.06. The molecule has 0 saturated heterocycles. The van der Waals surface area contributed by atoms with Gasteiger partial charge in [0.1, 0.15) is 12.4 Å². The fourth-order valence-electron chi connectivity index (χ4n) is 2.11. The zero-order valence-corrected chi connectivity index (χ0v) is 13.9. The number of hydrogen-bond donors (Lipinski definition) is 1. The molecule has 1 rings (SSSR count). The average Bonchev–Trinajstić information content (AvgIpc) is 2.37. The van der Waals surface area contributed by atoms with Crippen molar-refractivity contribution in [3.8, 4) is 5.75 Å². The highest BCUT2D eigenvalue weighted by Crippen LogP contribution is 2.22. The van der Waals surface area contributed by atoms with Crippen LogP contribution in [0.2, 0.25) is 0 Å². The molecule has 1 aromatic rings. The summed E-state index contributed by atoms with van der Waals surface area (Å²) >= 11 is 0. The number of nitrogens with zero attached hydrogens (tertiary/aromatic N) is 1. The van der Waals surface area contributed by atoms with Crippen molar-refractivity contribution in [2.24, 2.45) is 5.41 Å². The second kappa shape index (κ2) is 7.65. The van der Waals surface area contributed by atoms with E-state index in [1.54, 1.807) is 0 Å². The fourth-order valence-corrected chi connectivity index (χ4v) is 2.11. The number of hydrogen-bond acceptors (Lipinski definition) is 3. The van der Waals surface area contributed by atoms with Gasteiger partial charge in [0, 0.05) is 19.1 Å². The van der Waals surface area contributed by atoms with Crippen LogP contribution < -0.4 is 10.1 Å². The summed E-state index contributed by atoms with van der Waals surface area (Å²) in [6.45, 7) is 11.6. The zero-order valence-electron chi connectivity index (χ0n) is 13.9. The molecule has 0 aliphatic heterocycles. The maximum absolute atomic E-state index is 5.86. The standard InChI is InChI=1S/C17H30N2O/c1-14(17(2,3)4)19(6)10-11-20-16-9-7-8-15(12-16)13-18-5/h7-9,12,14,18H,10-11,13H2,1-6H3. The van der Waals surface area contributed by atoms with Crippen molar-refractivity contribution in [1.82, 2.24) is 10.2 Å². The van der Waals surface area contributed by atoms with E-state index in [1.807, 2.05) is 19.2 Å². The Morgan fingerprint density at radius 3 is 2.60 bits per heavy atom. The first kappa shape index (κ1) is 17.0. The van der Waals surface area contributed by atoms with Gasteiger partial charge in [0.15, 0.2) is 0 Å². The first-order valence-corrected chi connectivity index (χ1v) is 7.41. The van der Waals surface area contributed by atoms with Crippen molar-refractivity contribution in [2.75, 3.05) is 27.2 Å². The minimum atomic E-state index is 0.293. The molecule has 0 fully saturated rings. The van der Waals surface area contributed by atoms with E-state index in [2.05, 4.69) is 57.1 Å². The average molecular weight is 278 g/mol. The van der Waals surface area contributed by atoms with Crippen molar-refractivity contribution >= 4 is 0 Å². The van der Waals surface area contributed by atoms with E-state index in [0.29, 0.717) is 11.5 Å². The van der Waals surface area contributed by atoms with E-state index < -0.39 is 0 Å². The monoisotopic (exact) mass is 278 g/mol. The molecule has 114 valence electrons. The van der Waals surface area contributed by atoms with E-state index in [4.69, 9.17) is 4.74 Å². The summed E-state index contributed by atoms with van der Waals surface area (Å²) in [6, 6.07) is 8.80. The highest BCUT2D eigenvalue weighted by Gasteiger charge is 2.23. The molecule has 3 heteroatoms. The number of ether oxygens (including phenoxy) is 1. The second-order valence-corrected chi connectivity index (χ2v) is 6.55. The first-order valence-electron chi connectivity index (χ1n) is 7.41. The SMILES string of the molecule is CNCc1cccc(OCCN(C)C(C)C(C)(C)C)c1. The number of rotatable bonds is 7. The first-order chi connectivity index (χ1) is 9.34. The maximum atomic E-state index is 5.86. The molecule has 0 bridgehead atoms. The van der Waals surface area contributed by atoms with E-state index in [0.717, 1.165) is 25.4 Å². The highest BCUT2D eigenvalue weighted by molar-refractivity contribution is 5.28. The van der Waals surface area contributed by atoms with E-state index in [1.165, 1.54) is 5.56 Å². The van der Waals surface area contributed by atoms with Crippen molar-refractivity contribution in [3.05, 3.63) is 29.8 Å². The topological polar surface area (TPSA) is 24.5 Å². The van der Waals surface area contributed by atoms with Crippen LogP contribution in [0.4, 0.5) is 0 Å². The van der Waals surface area contributed by atoms with E-state index in [-0.39, 0.29) is 0 Å². The molecule has 0 spiro atoms. The maximum Gasteiger partial charge on any atom is 0.119 e. The van der Waals surface area contributed by atoms with Crippen LogP contribution in [-0.2, 0) is 6.54 Å². The summed E-state index contributed by atoms with van der Waals surface area (Å²) in [6.07, 6.45) is 0. The summed E-state index contributed by atoms with van der Waals surface area (Å²) < 4.78 is 5.86. The van der Waals surface area contributed by atoms with Gasteiger partial charge in [-0.05, 0) is 44.1 Å². The molecule has 0 amide bonds. The third-order valence-corrected chi connectivity index (χ3v) is 3.91. The quantitative estimate of drug-likeness (QED) is 0.829. The summed E-state index contributed by atoms with van der Waals surface area (Å²) in [5.41, 5.74) is 1.54. The lowest BCUT2D eigenvalue weighted by Gasteiger charge is -2.35. The third-order valence-electron chi connectivity index (χ3n) is 3.91. The summed E-state index contributed by atoms with van der Waals surface area (Å²) in [7, 11) is 4.12. The Labute approximate surface area is 124 Å². The van der Waals surface area contributed by atoms with Crippen LogP contribution in [0.3, 0.4) is 0 Å². The van der Waals surface area contributed by atoms with Crippen LogP contribution in [0, 0.1) is 5.41 Å². The minimum absolute atomic E-state index is 0.293. The molecule has 3 nitrogen and oxygen atoms in total. The highest BCUT2D eigenvalue weighted by atomic mass is 16.5. The summed E-state index contributed by atoms with van der Waals surface area (Å²) in [5, 5.41) is 3.15. The molecule has 20 heavy (non-hydrogen) atoms. The number of nitrogens with one attached hydrogen (secondary N) is 1. The van der Waals surface area contributed by atoms with Gasteiger partial charge in [-0.2, -0.15) is 0 Å². The summed E-state index contributed by atoms with van der Waals surface area (Å²) in [5.74, 6) is 0.953. The van der Waals surface area contributed by atoms with Crippen LogP contribution in [0.5, 0.6) is 5.75 Å². The Kier molecular flexibility index (Phi) is 6.50. The molecule has 0 aliphatic carbocycles. The molecule has 0 aromatic heterocycles. The van der Waals surface area contributed by atoms with Crippen LogP contribution >= 0.6 is 0 Å². The molecule has 0 heterocycles. The van der Waals surface area contributed by atoms with Gasteiger partial charge in [-0.1, -0.05) is 32.9 Å². The molecule has 1 aromatic carbocycles. The van der Waals surface area contributed by atoms with Crippen molar-refractivity contribution in [1.29, 1.82) is 0 Å². The molecule has 0 saturated carbocycles. The van der Waals surface area contributed by atoms with Crippen molar-refractivity contribution < 1.29 is 4.74 Å². The van der Waals surface area contributed by atoms with Gasteiger partial charge in [-0.25, -0.2) is 0 Å². The minimum Gasteiger partial charge on any atom is -0.492 e. The fraction of sp³-hybridized carbons (Fsp3) is 0.647. The Bertz CT molecular complexity index is 398. The predicted molar refractivity (Wildman–Crippen MR) is 86.2 cm³/mol. The zero-order chi connectivity index (χ0) is 15.2. The molecule has 1 unspecified atom stereocenters. The number of benzene rings is 1. The Morgan fingerprint density at radius 2 is 2.00 bits per heavy atom. The lowest BCUT2D eigenvalue weighted by Crippen LogP contribution is -2.41. The molecule has 1 atom stereocenters. The predicted octanol–water partition coefficient (Wildman–Crippen LogP) is 3.15. The van der Waals surface area contributed by atoms with Crippen molar-refractivity contribution in [3.63, 3.8) is 0 Å². The molecule has 0 radical (unpaired) electrons. The van der Waals surface area contributed by atoms with Crippen LogP contribution in [-0.4, -0.2) is 38.2 Å². The van der Waals surface area contributed by atoms with Gasteiger partial charge >= 0.3 is 0 Å². The molecule has 0 aliphatic rings. The van der Waals surface area contributed by atoms with Crippen LogP contribution in [0.1, 0.15) is 33.3 Å².